The van der Waals surface area contributed by atoms with E-state index in [4.69, 9.17) is 16.9 Å². The van der Waals surface area contributed by atoms with Crippen molar-refractivity contribution in [2.75, 3.05) is 0 Å². The van der Waals surface area contributed by atoms with E-state index >= 15 is 0 Å². The summed E-state index contributed by atoms with van der Waals surface area (Å²) in [5.74, 6) is 0. The molecule has 0 saturated carbocycles. The Hall–Kier alpha value is -1.46. The summed E-state index contributed by atoms with van der Waals surface area (Å²) < 4.78 is 2.11. The number of aromatic nitrogens is 1. The lowest BCUT2D eigenvalue weighted by Gasteiger charge is -2.09. The van der Waals surface area contributed by atoms with E-state index in [-0.39, 0.29) is 0 Å². The van der Waals surface area contributed by atoms with Crippen molar-refractivity contribution in [1.29, 1.82) is 5.26 Å². The van der Waals surface area contributed by atoms with Crippen molar-refractivity contribution >= 4 is 22.5 Å². The van der Waals surface area contributed by atoms with E-state index in [0.29, 0.717) is 16.6 Å². The van der Waals surface area contributed by atoms with Gasteiger partial charge in [0.1, 0.15) is 0 Å². The highest BCUT2D eigenvalue weighted by Gasteiger charge is 2.08. The third-order valence-corrected chi connectivity index (χ3v) is 2.70. The summed E-state index contributed by atoms with van der Waals surface area (Å²) in [5.41, 5.74) is 1.66. The largest absolute Gasteiger partial charge is 0.345 e. The lowest BCUT2D eigenvalue weighted by atomic mass is 10.1. The van der Waals surface area contributed by atoms with Gasteiger partial charge in [-0.2, -0.15) is 5.26 Å². The number of fused-ring (bicyclic) bond motifs is 1. The molecule has 0 N–H and O–H groups in total. The average Bonchev–Trinajstić information content (AvgIpc) is 2.59. The molecule has 1 aromatic carbocycles. The van der Waals surface area contributed by atoms with Crippen molar-refractivity contribution < 1.29 is 0 Å². The topological polar surface area (TPSA) is 28.7 Å². The van der Waals surface area contributed by atoms with Crippen LogP contribution in [0, 0.1) is 11.3 Å². The second-order valence-electron chi connectivity index (χ2n) is 3.81. The number of hydrogen-bond donors (Lipinski definition) is 0. The van der Waals surface area contributed by atoms with Crippen LogP contribution in [-0.2, 0) is 0 Å². The van der Waals surface area contributed by atoms with Gasteiger partial charge in [0, 0.05) is 22.6 Å². The minimum absolute atomic E-state index is 0.368. The Balaban J connectivity index is 2.82. The first-order chi connectivity index (χ1) is 7.13. The number of halogens is 1. The molecule has 2 rings (SSSR count). The van der Waals surface area contributed by atoms with Crippen molar-refractivity contribution in [2.45, 2.75) is 19.9 Å². The quantitative estimate of drug-likeness (QED) is 0.717. The molecule has 1 aromatic heterocycles. The predicted molar refractivity (Wildman–Crippen MR) is 62.0 cm³/mol. The van der Waals surface area contributed by atoms with Gasteiger partial charge in [0.25, 0.3) is 0 Å². The predicted octanol–water partition coefficient (Wildman–Crippen LogP) is 3.75. The van der Waals surface area contributed by atoms with Crippen molar-refractivity contribution in [3.8, 4) is 6.07 Å². The molecule has 0 bridgehead atoms. The number of nitriles is 1. The van der Waals surface area contributed by atoms with Gasteiger partial charge in [-0.25, -0.2) is 0 Å². The first-order valence-electron chi connectivity index (χ1n) is 4.83. The van der Waals surface area contributed by atoms with Crippen molar-refractivity contribution in [3.63, 3.8) is 0 Å². The maximum Gasteiger partial charge on any atom is 0.0999 e. The lowest BCUT2D eigenvalue weighted by molar-refractivity contribution is 0.623. The van der Waals surface area contributed by atoms with E-state index in [9.17, 15) is 0 Å². The van der Waals surface area contributed by atoms with Crippen LogP contribution < -0.4 is 0 Å². The second kappa shape index (κ2) is 3.60. The fourth-order valence-corrected chi connectivity index (χ4v) is 1.98. The molecule has 0 aliphatic rings. The van der Waals surface area contributed by atoms with Crippen LogP contribution in [0.2, 0.25) is 5.02 Å². The summed E-state index contributed by atoms with van der Waals surface area (Å²) in [4.78, 5) is 0. The molecule has 0 unspecified atom stereocenters. The molecule has 0 aliphatic carbocycles. The summed E-state index contributed by atoms with van der Waals surface area (Å²) in [7, 11) is 0. The molecule has 76 valence electrons. The Morgan fingerprint density at radius 3 is 2.73 bits per heavy atom. The molecule has 0 saturated heterocycles. The molecule has 3 heteroatoms. The van der Waals surface area contributed by atoms with Gasteiger partial charge in [-0.3, -0.25) is 0 Å². The zero-order valence-electron chi connectivity index (χ0n) is 8.66. The fourth-order valence-electron chi connectivity index (χ4n) is 1.77. The van der Waals surface area contributed by atoms with Crippen molar-refractivity contribution in [1.82, 2.24) is 4.57 Å². The van der Waals surface area contributed by atoms with Crippen molar-refractivity contribution in [3.05, 3.63) is 35.0 Å². The molecule has 2 nitrogen and oxygen atoms in total. The van der Waals surface area contributed by atoms with E-state index in [0.717, 1.165) is 10.9 Å². The summed E-state index contributed by atoms with van der Waals surface area (Å²) in [6.07, 6.45) is 1.99. The van der Waals surface area contributed by atoms with Gasteiger partial charge in [-0.15, -0.1) is 0 Å². The Bertz CT molecular complexity index is 546. The molecular formula is C12H11ClN2. The van der Waals surface area contributed by atoms with Crippen LogP contribution in [0.4, 0.5) is 0 Å². The van der Waals surface area contributed by atoms with Crippen LogP contribution in [-0.4, -0.2) is 4.57 Å². The summed E-state index contributed by atoms with van der Waals surface area (Å²) in [6, 6.07) is 8.10. The third kappa shape index (κ3) is 1.60. The van der Waals surface area contributed by atoms with Crippen LogP contribution >= 0.6 is 11.6 Å². The Labute approximate surface area is 93.7 Å². The monoisotopic (exact) mass is 218 g/mol. The van der Waals surface area contributed by atoms with Gasteiger partial charge in [0.15, 0.2) is 0 Å². The number of hydrogen-bond acceptors (Lipinski definition) is 1. The van der Waals surface area contributed by atoms with Crippen LogP contribution in [0.15, 0.2) is 24.4 Å². The first kappa shape index (κ1) is 10.1. The molecule has 0 atom stereocenters. The SMILES string of the molecule is CC(C)n1ccc2c(C#N)cc(Cl)cc21. The normalized spacial score (nSPS) is 10.9. The third-order valence-electron chi connectivity index (χ3n) is 2.48. The van der Waals surface area contributed by atoms with Crippen LogP contribution in [0.5, 0.6) is 0 Å². The molecule has 0 aliphatic heterocycles. The van der Waals surface area contributed by atoms with Crippen LogP contribution in [0.25, 0.3) is 10.9 Å². The van der Waals surface area contributed by atoms with Gasteiger partial charge in [-0.1, -0.05) is 11.6 Å². The molecule has 0 amide bonds. The summed E-state index contributed by atoms with van der Waals surface area (Å²) in [5, 5.41) is 10.6. The lowest BCUT2D eigenvalue weighted by Crippen LogP contribution is -1.97. The minimum Gasteiger partial charge on any atom is -0.345 e. The Kier molecular flexibility index (Phi) is 2.42. The molecule has 0 fully saturated rings. The molecule has 0 radical (unpaired) electrons. The van der Waals surface area contributed by atoms with E-state index in [1.165, 1.54) is 0 Å². The second-order valence-corrected chi connectivity index (χ2v) is 4.25. The Morgan fingerprint density at radius 2 is 2.13 bits per heavy atom. The van der Waals surface area contributed by atoms with Gasteiger partial charge in [0.05, 0.1) is 17.1 Å². The van der Waals surface area contributed by atoms with E-state index in [2.05, 4.69) is 24.5 Å². The molecule has 15 heavy (non-hydrogen) atoms. The maximum atomic E-state index is 8.99. The average molecular weight is 219 g/mol. The van der Waals surface area contributed by atoms with E-state index in [1.54, 1.807) is 6.07 Å². The Morgan fingerprint density at radius 1 is 1.40 bits per heavy atom. The highest BCUT2D eigenvalue weighted by atomic mass is 35.5. The summed E-state index contributed by atoms with van der Waals surface area (Å²) in [6.45, 7) is 4.21. The van der Waals surface area contributed by atoms with E-state index in [1.807, 2.05) is 18.3 Å². The van der Waals surface area contributed by atoms with Gasteiger partial charge in [-0.05, 0) is 32.0 Å². The number of benzene rings is 1. The number of nitrogens with zero attached hydrogens (tertiary/aromatic N) is 2. The van der Waals surface area contributed by atoms with E-state index < -0.39 is 0 Å². The van der Waals surface area contributed by atoms with Crippen molar-refractivity contribution in [2.24, 2.45) is 0 Å². The smallest absolute Gasteiger partial charge is 0.0999 e. The maximum absolute atomic E-state index is 8.99. The highest BCUT2D eigenvalue weighted by Crippen LogP contribution is 2.26. The molecule has 2 aromatic rings. The minimum atomic E-state index is 0.368. The number of rotatable bonds is 1. The summed E-state index contributed by atoms with van der Waals surface area (Å²) >= 11 is 5.97. The molecule has 1 heterocycles. The standard InChI is InChI=1S/C12H11ClN2/c1-8(2)15-4-3-11-9(7-14)5-10(13)6-12(11)15/h3-6,8H,1-2H3. The highest BCUT2D eigenvalue weighted by molar-refractivity contribution is 6.31. The van der Waals surface area contributed by atoms with Crippen LogP contribution in [0.1, 0.15) is 25.5 Å². The molecular weight excluding hydrogens is 208 g/mol. The zero-order chi connectivity index (χ0) is 11.0. The van der Waals surface area contributed by atoms with Crippen LogP contribution in [0.3, 0.4) is 0 Å². The first-order valence-corrected chi connectivity index (χ1v) is 5.21. The molecule has 0 spiro atoms. The van der Waals surface area contributed by atoms with Gasteiger partial charge >= 0.3 is 0 Å². The fraction of sp³-hybridized carbons (Fsp3) is 0.250. The van der Waals surface area contributed by atoms with Gasteiger partial charge < -0.3 is 4.57 Å². The zero-order valence-corrected chi connectivity index (χ0v) is 9.42. The van der Waals surface area contributed by atoms with Gasteiger partial charge in [0.2, 0.25) is 0 Å².